The highest BCUT2D eigenvalue weighted by molar-refractivity contribution is 7.89. The van der Waals surface area contributed by atoms with E-state index in [1.165, 1.54) is 35.6 Å². The van der Waals surface area contributed by atoms with Gasteiger partial charge >= 0.3 is 0 Å². The zero-order valence-electron chi connectivity index (χ0n) is 14.7. The first kappa shape index (κ1) is 17.4. The van der Waals surface area contributed by atoms with Gasteiger partial charge < -0.3 is 0 Å². The molecule has 0 aliphatic heterocycles. The Morgan fingerprint density at radius 2 is 2.04 bits per heavy atom. The van der Waals surface area contributed by atoms with Crippen LogP contribution in [0.15, 0.2) is 53.5 Å². The Labute approximate surface area is 146 Å². The van der Waals surface area contributed by atoms with E-state index < -0.39 is 10.0 Å². The van der Waals surface area contributed by atoms with Gasteiger partial charge in [0.05, 0.1) is 4.90 Å². The summed E-state index contributed by atoms with van der Waals surface area (Å²) in [5.74, 6) is 0.843. The second-order valence-corrected chi connectivity index (χ2v) is 9.20. The number of hydrogen-bond acceptors (Lipinski definition) is 2. The van der Waals surface area contributed by atoms with E-state index in [0.717, 1.165) is 11.5 Å². The van der Waals surface area contributed by atoms with Crippen molar-refractivity contribution >= 4 is 10.0 Å². The molecule has 3 nitrogen and oxygen atoms in total. The molecule has 0 bridgehead atoms. The molecule has 0 saturated heterocycles. The number of fused-ring (bicyclic) bond motifs is 1. The number of nitrogens with zero attached hydrogens (tertiary/aromatic N) is 1. The van der Waals surface area contributed by atoms with E-state index in [2.05, 4.69) is 19.6 Å². The highest BCUT2D eigenvalue weighted by Gasteiger charge is 2.57. The molecule has 24 heavy (non-hydrogen) atoms. The highest BCUT2D eigenvalue weighted by Crippen LogP contribution is 2.67. The van der Waals surface area contributed by atoms with Gasteiger partial charge in [-0.25, -0.2) is 8.42 Å². The van der Waals surface area contributed by atoms with Gasteiger partial charge in [0.1, 0.15) is 0 Å². The molecule has 1 aromatic carbocycles. The number of aryl methyl sites for hydroxylation is 1. The molecule has 2 fully saturated rings. The van der Waals surface area contributed by atoms with E-state index in [-0.39, 0.29) is 0 Å². The van der Waals surface area contributed by atoms with E-state index in [1.807, 2.05) is 19.1 Å². The van der Waals surface area contributed by atoms with Crippen LogP contribution in [0.1, 0.15) is 38.2 Å². The molecule has 0 N–H and O–H groups in total. The van der Waals surface area contributed by atoms with Crippen molar-refractivity contribution in [3.8, 4) is 0 Å². The summed E-state index contributed by atoms with van der Waals surface area (Å²) in [4.78, 5) is 0.351. The summed E-state index contributed by atoms with van der Waals surface area (Å²) < 4.78 is 27.3. The van der Waals surface area contributed by atoms with E-state index in [0.29, 0.717) is 23.4 Å². The van der Waals surface area contributed by atoms with Crippen molar-refractivity contribution in [1.29, 1.82) is 0 Å². The van der Waals surface area contributed by atoms with Gasteiger partial charge in [-0.15, -0.1) is 6.58 Å². The first-order valence-electron chi connectivity index (χ1n) is 8.75. The van der Waals surface area contributed by atoms with Crippen molar-refractivity contribution in [3.05, 3.63) is 54.1 Å². The van der Waals surface area contributed by atoms with Gasteiger partial charge in [-0.2, -0.15) is 4.31 Å². The zero-order chi connectivity index (χ0) is 17.4. The summed E-state index contributed by atoms with van der Waals surface area (Å²) in [6.07, 6.45) is 8.99. The summed E-state index contributed by atoms with van der Waals surface area (Å²) in [6, 6.07) is 7.05. The Morgan fingerprint density at radius 1 is 1.33 bits per heavy atom. The lowest BCUT2D eigenvalue weighted by atomic mass is 9.94. The second kappa shape index (κ2) is 6.49. The lowest BCUT2D eigenvalue weighted by Crippen LogP contribution is -2.31. The highest BCUT2D eigenvalue weighted by atomic mass is 32.2. The monoisotopic (exact) mass is 345 g/mol. The summed E-state index contributed by atoms with van der Waals surface area (Å²) in [7, 11) is -3.49. The van der Waals surface area contributed by atoms with Crippen LogP contribution in [-0.4, -0.2) is 25.8 Å². The van der Waals surface area contributed by atoms with Crippen LogP contribution >= 0.6 is 0 Å². The Bertz CT molecular complexity index is 748. The van der Waals surface area contributed by atoms with Gasteiger partial charge in [-0.3, -0.25) is 0 Å². The standard InChI is InChI=1S/C20H27NO2S/c1-4-13-21(24(22,23)19-9-7-16(2)8-10-19)14-11-17(3)20-12-5-6-18(20)15-20/h4,7-11,18H,1,5-6,12-15H2,2-3H3/b17-11+. The van der Waals surface area contributed by atoms with Gasteiger partial charge in [-0.05, 0) is 56.6 Å². The minimum Gasteiger partial charge on any atom is -0.207 e. The summed E-state index contributed by atoms with van der Waals surface area (Å²) >= 11 is 0. The Hall–Kier alpha value is -1.39. The van der Waals surface area contributed by atoms with Crippen molar-refractivity contribution in [3.63, 3.8) is 0 Å². The van der Waals surface area contributed by atoms with E-state index in [4.69, 9.17) is 0 Å². The number of rotatable bonds is 7. The fourth-order valence-electron chi connectivity index (χ4n) is 4.13. The molecule has 2 saturated carbocycles. The van der Waals surface area contributed by atoms with Crippen LogP contribution in [0.5, 0.6) is 0 Å². The van der Waals surface area contributed by atoms with Gasteiger partial charge in [0.2, 0.25) is 10.0 Å². The van der Waals surface area contributed by atoms with Gasteiger partial charge in [0.15, 0.2) is 0 Å². The second-order valence-electron chi connectivity index (χ2n) is 7.26. The van der Waals surface area contributed by atoms with Crippen molar-refractivity contribution in [2.45, 2.75) is 44.4 Å². The van der Waals surface area contributed by atoms with E-state index in [1.54, 1.807) is 18.2 Å². The molecule has 2 aliphatic carbocycles. The Kier molecular flexibility index (Phi) is 4.71. The molecule has 3 rings (SSSR count). The maximum Gasteiger partial charge on any atom is 0.243 e. The smallest absolute Gasteiger partial charge is 0.207 e. The number of benzene rings is 1. The molecule has 2 aliphatic rings. The van der Waals surface area contributed by atoms with Crippen molar-refractivity contribution in [2.75, 3.05) is 13.1 Å². The van der Waals surface area contributed by atoms with Crippen LogP contribution in [0.3, 0.4) is 0 Å². The fraction of sp³-hybridized carbons (Fsp3) is 0.500. The normalized spacial score (nSPS) is 26.5. The average molecular weight is 346 g/mol. The predicted octanol–water partition coefficient (Wildman–Crippen LogP) is 4.31. The van der Waals surface area contributed by atoms with Gasteiger partial charge in [0, 0.05) is 13.1 Å². The summed E-state index contributed by atoms with van der Waals surface area (Å²) in [5, 5.41) is 0. The summed E-state index contributed by atoms with van der Waals surface area (Å²) in [5.41, 5.74) is 2.83. The number of sulfonamides is 1. The maximum absolute atomic E-state index is 12.9. The third-order valence-corrected chi connectivity index (χ3v) is 7.63. The number of hydrogen-bond donors (Lipinski definition) is 0. The number of allylic oxidation sites excluding steroid dienone is 1. The van der Waals surface area contributed by atoms with E-state index in [9.17, 15) is 8.42 Å². The molecule has 1 aromatic rings. The van der Waals surface area contributed by atoms with Crippen molar-refractivity contribution < 1.29 is 8.42 Å². The Morgan fingerprint density at radius 3 is 2.58 bits per heavy atom. The van der Waals surface area contributed by atoms with Crippen LogP contribution in [0.4, 0.5) is 0 Å². The third kappa shape index (κ3) is 3.09. The van der Waals surface area contributed by atoms with Crippen LogP contribution in [0, 0.1) is 18.3 Å². The van der Waals surface area contributed by atoms with Gasteiger partial charge in [-0.1, -0.05) is 41.8 Å². The lowest BCUT2D eigenvalue weighted by Gasteiger charge is -2.21. The SMILES string of the molecule is C=CCN(C/C=C(\C)C12CCCC1C2)S(=O)(=O)c1ccc(C)cc1. The van der Waals surface area contributed by atoms with E-state index >= 15 is 0 Å². The van der Waals surface area contributed by atoms with Crippen LogP contribution in [0.25, 0.3) is 0 Å². The predicted molar refractivity (Wildman–Crippen MR) is 98.3 cm³/mol. The van der Waals surface area contributed by atoms with Crippen molar-refractivity contribution in [2.24, 2.45) is 11.3 Å². The molecule has 0 heterocycles. The molecule has 0 spiro atoms. The Balaban J connectivity index is 1.79. The quantitative estimate of drug-likeness (QED) is 0.691. The topological polar surface area (TPSA) is 37.4 Å². The molecular weight excluding hydrogens is 318 g/mol. The van der Waals surface area contributed by atoms with Gasteiger partial charge in [0.25, 0.3) is 0 Å². The molecule has 2 unspecified atom stereocenters. The molecule has 2 atom stereocenters. The largest absolute Gasteiger partial charge is 0.243 e. The first-order valence-corrected chi connectivity index (χ1v) is 10.2. The van der Waals surface area contributed by atoms with Crippen LogP contribution < -0.4 is 0 Å². The first-order chi connectivity index (χ1) is 11.4. The van der Waals surface area contributed by atoms with Crippen LogP contribution in [0.2, 0.25) is 0 Å². The molecular formula is C20H27NO2S. The minimum atomic E-state index is -3.49. The molecule has 4 heteroatoms. The average Bonchev–Trinajstić information content (AvgIpc) is 3.13. The van der Waals surface area contributed by atoms with Crippen LogP contribution in [-0.2, 0) is 10.0 Å². The molecule has 0 radical (unpaired) electrons. The molecule has 0 amide bonds. The molecule has 0 aromatic heterocycles. The zero-order valence-corrected chi connectivity index (χ0v) is 15.5. The fourth-order valence-corrected chi connectivity index (χ4v) is 5.48. The molecule has 130 valence electrons. The summed E-state index contributed by atoms with van der Waals surface area (Å²) in [6.45, 7) is 8.60. The minimum absolute atomic E-state index is 0.330. The third-order valence-electron chi connectivity index (χ3n) is 5.79. The maximum atomic E-state index is 12.9. The van der Waals surface area contributed by atoms with Crippen molar-refractivity contribution in [1.82, 2.24) is 4.31 Å². The lowest BCUT2D eigenvalue weighted by molar-refractivity contribution is 0.470.